The van der Waals surface area contributed by atoms with Gasteiger partial charge >= 0.3 is 12.4 Å². The van der Waals surface area contributed by atoms with Crippen molar-refractivity contribution in [1.29, 1.82) is 0 Å². The Balaban J connectivity index is 1.99. The second-order valence-corrected chi connectivity index (χ2v) is 5.83. The standard InChI is InChI=1S/C16H13ClF6N4O/c17-11-5-10(16(21,22)23)7-26-14(11)25-4-3-24-12-2-1-9(15(18,19)20)6-13(12)27-8-28/h1-2,5-8,24H,3-4H2,(H,25,26)(H,27,28). The normalized spacial score (nSPS) is 11.8. The van der Waals surface area contributed by atoms with Crippen molar-refractivity contribution in [2.75, 3.05) is 29.0 Å². The van der Waals surface area contributed by atoms with E-state index in [0.29, 0.717) is 6.20 Å². The lowest BCUT2D eigenvalue weighted by Gasteiger charge is -2.15. The summed E-state index contributed by atoms with van der Waals surface area (Å²) in [6.07, 6.45) is -8.26. The van der Waals surface area contributed by atoms with Gasteiger partial charge in [-0.3, -0.25) is 4.79 Å². The molecule has 0 aliphatic rings. The Bertz CT molecular complexity index is 841. The van der Waals surface area contributed by atoms with E-state index < -0.39 is 23.5 Å². The highest BCUT2D eigenvalue weighted by molar-refractivity contribution is 6.32. The van der Waals surface area contributed by atoms with Crippen LogP contribution in [-0.2, 0) is 17.1 Å². The van der Waals surface area contributed by atoms with E-state index in [4.69, 9.17) is 11.6 Å². The van der Waals surface area contributed by atoms with Gasteiger partial charge < -0.3 is 16.0 Å². The molecule has 1 amide bonds. The first-order valence-corrected chi connectivity index (χ1v) is 8.02. The third kappa shape index (κ3) is 5.65. The number of pyridine rings is 1. The Morgan fingerprint density at radius 3 is 2.14 bits per heavy atom. The van der Waals surface area contributed by atoms with Gasteiger partial charge in [-0.15, -0.1) is 0 Å². The molecule has 12 heteroatoms. The maximum Gasteiger partial charge on any atom is 0.417 e. The minimum Gasteiger partial charge on any atom is -0.382 e. The number of carbonyl (C=O) groups is 1. The maximum atomic E-state index is 12.7. The second kappa shape index (κ2) is 8.55. The summed E-state index contributed by atoms with van der Waals surface area (Å²) in [5, 5.41) is 7.45. The van der Waals surface area contributed by atoms with E-state index in [1.165, 1.54) is 0 Å². The summed E-state index contributed by atoms with van der Waals surface area (Å²) in [6, 6.07) is 3.50. The molecule has 0 bridgehead atoms. The summed E-state index contributed by atoms with van der Waals surface area (Å²) in [6.45, 7) is 0.289. The minimum atomic E-state index is -4.57. The number of halogens is 7. The average Bonchev–Trinajstić information content (AvgIpc) is 2.59. The van der Waals surface area contributed by atoms with Crippen molar-refractivity contribution in [2.45, 2.75) is 12.4 Å². The fraction of sp³-hybridized carbons (Fsp3) is 0.250. The average molecular weight is 427 g/mol. The van der Waals surface area contributed by atoms with Crippen LogP contribution >= 0.6 is 11.6 Å². The number of amides is 1. The highest BCUT2D eigenvalue weighted by atomic mass is 35.5. The molecule has 2 aromatic rings. The third-order valence-electron chi connectivity index (χ3n) is 3.46. The van der Waals surface area contributed by atoms with Crippen LogP contribution in [0.1, 0.15) is 11.1 Å². The van der Waals surface area contributed by atoms with Gasteiger partial charge in [0.25, 0.3) is 0 Å². The van der Waals surface area contributed by atoms with Gasteiger partial charge in [-0.25, -0.2) is 4.98 Å². The summed E-state index contributed by atoms with van der Waals surface area (Å²) in [5.41, 5.74) is -1.76. The van der Waals surface area contributed by atoms with Gasteiger partial charge in [-0.2, -0.15) is 26.3 Å². The molecule has 0 radical (unpaired) electrons. The molecule has 0 atom stereocenters. The molecule has 1 aromatic carbocycles. The predicted molar refractivity (Wildman–Crippen MR) is 92.4 cm³/mol. The van der Waals surface area contributed by atoms with Crippen LogP contribution in [-0.4, -0.2) is 24.5 Å². The zero-order valence-electron chi connectivity index (χ0n) is 13.9. The summed E-state index contributed by atoms with van der Waals surface area (Å²) in [4.78, 5) is 14.2. The Morgan fingerprint density at radius 2 is 1.57 bits per heavy atom. The van der Waals surface area contributed by atoms with E-state index in [-0.39, 0.29) is 41.7 Å². The molecular formula is C16H13ClF6N4O. The van der Waals surface area contributed by atoms with Gasteiger partial charge in [0.05, 0.1) is 27.5 Å². The van der Waals surface area contributed by atoms with Crippen LogP contribution in [0.5, 0.6) is 0 Å². The molecule has 1 heterocycles. The van der Waals surface area contributed by atoms with Crippen molar-refractivity contribution in [1.82, 2.24) is 4.98 Å². The first-order valence-electron chi connectivity index (χ1n) is 7.64. The predicted octanol–water partition coefficient (Wildman–Crippen LogP) is 4.86. The number of anilines is 3. The van der Waals surface area contributed by atoms with Crippen molar-refractivity contribution in [3.63, 3.8) is 0 Å². The molecule has 5 nitrogen and oxygen atoms in total. The molecule has 28 heavy (non-hydrogen) atoms. The lowest BCUT2D eigenvalue weighted by molar-refractivity contribution is -0.138. The zero-order chi connectivity index (χ0) is 20.9. The molecule has 2 rings (SSSR count). The van der Waals surface area contributed by atoms with Crippen LogP contribution in [0.15, 0.2) is 30.5 Å². The van der Waals surface area contributed by atoms with E-state index in [2.05, 4.69) is 20.9 Å². The van der Waals surface area contributed by atoms with Crippen LogP contribution in [0.25, 0.3) is 0 Å². The van der Waals surface area contributed by atoms with Crippen LogP contribution in [0.2, 0.25) is 5.02 Å². The molecule has 1 aromatic heterocycles. The molecule has 0 aliphatic carbocycles. The Hall–Kier alpha value is -2.69. The number of aromatic nitrogens is 1. The van der Waals surface area contributed by atoms with Crippen molar-refractivity contribution >= 4 is 35.2 Å². The molecule has 0 fully saturated rings. The van der Waals surface area contributed by atoms with Gasteiger partial charge in [-0.05, 0) is 24.3 Å². The number of nitrogens with one attached hydrogen (secondary N) is 3. The fourth-order valence-electron chi connectivity index (χ4n) is 2.16. The Morgan fingerprint density at radius 1 is 0.929 bits per heavy atom. The molecular weight excluding hydrogens is 414 g/mol. The molecule has 0 aliphatic heterocycles. The molecule has 152 valence electrons. The summed E-state index contributed by atoms with van der Waals surface area (Å²) < 4.78 is 75.9. The van der Waals surface area contributed by atoms with Gasteiger partial charge in [0.2, 0.25) is 6.41 Å². The van der Waals surface area contributed by atoms with Gasteiger partial charge in [0.15, 0.2) is 0 Å². The first-order chi connectivity index (χ1) is 13.0. The molecule has 3 N–H and O–H groups in total. The monoisotopic (exact) mass is 426 g/mol. The van der Waals surface area contributed by atoms with Gasteiger partial charge in [0.1, 0.15) is 5.82 Å². The van der Waals surface area contributed by atoms with E-state index >= 15 is 0 Å². The molecule has 0 spiro atoms. The number of rotatable bonds is 7. The Labute approximate surface area is 160 Å². The first kappa shape index (κ1) is 21.6. The van der Waals surface area contributed by atoms with Gasteiger partial charge in [-0.1, -0.05) is 11.6 Å². The summed E-state index contributed by atoms with van der Waals surface area (Å²) in [5.74, 6) is 0.0233. The molecule has 0 saturated heterocycles. The lowest BCUT2D eigenvalue weighted by atomic mass is 10.1. The van der Waals surface area contributed by atoms with Gasteiger partial charge in [0, 0.05) is 19.3 Å². The maximum absolute atomic E-state index is 12.7. The summed E-state index contributed by atoms with van der Waals surface area (Å²) >= 11 is 5.76. The van der Waals surface area contributed by atoms with Crippen molar-refractivity contribution in [2.24, 2.45) is 0 Å². The number of nitrogens with zero attached hydrogens (tertiary/aromatic N) is 1. The van der Waals surface area contributed by atoms with Crippen LogP contribution < -0.4 is 16.0 Å². The number of carbonyl (C=O) groups excluding carboxylic acids is 1. The highest BCUT2D eigenvalue weighted by Gasteiger charge is 2.32. The number of alkyl halides is 6. The van der Waals surface area contributed by atoms with Crippen LogP contribution in [0, 0.1) is 0 Å². The van der Waals surface area contributed by atoms with Crippen LogP contribution in [0.3, 0.4) is 0 Å². The van der Waals surface area contributed by atoms with Crippen LogP contribution in [0.4, 0.5) is 43.5 Å². The number of benzene rings is 1. The topological polar surface area (TPSA) is 66.1 Å². The smallest absolute Gasteiger partial charge is 0.382 e. The minimum absolute atomic E-state index is 0.0233. The highest BCUT2D eigenvalue weighted by Crippen LogP contribution is 2.34. The zero-order valence-corrected chi connectivity index (χ0v) is 14.6. The summed E-state index contributed by atoms with van der Waals surface area (Å²) in [7, 11) is 0. The van der Waals surface area contributed by atoms with E-state index in [1.807, 2.05) is 0 Å². The number of hydrogen-bond donors (Lipinski definition) is 3. The van der Waals surface area contributed by atoms with E-state index in [1.54, 1.807) is 0 Å². The van der Waals surface area contributed by atoms with E-state index in [9.17, 15) is 31.1 Å². The Kier molecular flexibility index (Phi) is 6.60. The molecule has 0 unspecified atom stereocenters. The SMILES string of the molecule is O=CNc1cc(C(F)(F)F)ccc1NCCNc1ncc(C(F)(F)F)cc1Cl. The quantitative estimate of drug-likeness (QED) is 0.336. The lowest BCUT2D eigenvalue weighted by Crippen LogP contribution is -2.16. The van der Waals surface area contributed by atoms with E-state index in [0.717, 1.165) is 24.3 Å². The second-order valence-electron chi connectivity index (χ2n) is 5.43. The largest absolute Gasteiger partial charge is 0.417 e. The van der Waals surface area contributed by atoms with Crippen molar-refractivity contribution in [3.05, 3.63) is 46.6 Å². The number of hydrogen-bond acceptors (Lipinski definition) is 4. The third-order valence-corrected chi connectivity index (χ3v) is 3.75. The fourth-order valence-corrected chi connectivity index (χ4v) is 2.39. The molecule has 0 saturated carbocycles. The van der Waals surface area contributed by atoms with Crippen molar-refractivity contribution < 1.29 is 31.1 Å². The van der Waals surface area contributed by atoms with Crippen molar-refractivity contribution in [3.8, 4) is 0 Å².